The van der Waals surface area contributed by atoms with Crippen LogP contribution in [-0.4, -0.2) is 20.3 Å². The van der Waals surface area contributed by atoms with E-state index in [1.165, 1.54) is 30.3 Å². The molecule has 0 aliphatic carbocycles. The van der Waals surface area contributed by atoms with E-state index in [2.05, 4.69) is 11.9 Å². The number of nitro groups is 1. The van der Waals surface area contributed by atoms with Gasteiger partial charge in [-0.1, -0.05) is 24.9 Å². The molecule has 0 amide bonds. The number of benzene rings is 1. The molecular formula is C17H18ClN3O3. The molecule has 7 heteroatoms. The van der Waals surface area contributed by atoms with E-state index in [9.17, 15) is 14.9 Å². The fourth-order valence-corrected chi connectivity index (χ4v) is 2.55. The predicted molar refractivity (Wildman–Crippen MR) is 93.3 cm³/mol. The molecule has 1 aromatic heterocycles. The number of aromatic nitrogens is 2. The Hall–Kier alpha value is -2.47. The predicted octanol–water partition coefficient (Wildman–Crippen LogP) is 4.22. The van der Waals surface area contributed by atoms with Gasteiger partial charge in [0.1, 0.15) is 5.82 Å². The van der Waals surface area contributed by atoms with Gasteiger partial charge in [0.2, 0.25) is 0 Å². The number of carbonyl (C=O) groups is 1. The number of carbonyl (C=O) groups excluding carboxylic acids is 1. The van der Waals surface area contributed by atoms with Crippen molar-refractivity contribution in [3.63, 3.8) is 0 Å². The Kier molecular flexibility index (Phi) is 5.87. The van der Waals surface area contributed by atoms with Crippen LogP contribution in [0.4, 0.5) is 5.69 Å². The number of hydrogen-bond acceptors (Lipinski definition) is 4. The number of hydrogen-bond donors (Lipinski definition) is 0. The average Bonchev–Trinajstić information content (AvgIpc) is 2.84. The minimum atomic E-state index is -0.503. The Morgan fingerprint density at radius 2 is 2.04 bits per heavy atom. The van der Waals surface area contributed by atoms with Gasteiger partial charge in [-0.3, -0.25) is 14.9 Å². The van der Waals surface area contributed by atoms with Crippen LogP contribution in [0.3, 0.4) is 0 Å². The van der Waals surface area contributed by atoms with Crippen molar-refractivity contribution in [3.05, 3.63) is 62.7 Å². The van der Waals surface area contributed by atoms with Gasteiger partial charge in [-0.2, -0.15) is 0 Å². The summed E-state index contributed by atoms with van der Waals surface area (Å²) in [5, 5.41) is 11.0. The normalized spacial score (nSPS) is 11.1. The van der Waals surface area contributed by atoms with Crippen molar-refractivity contribution in [1.29, 1.82) is 0 Å². The number of ketones is 1. The summed E-state index contributed by atoms with van der Waals surface area (Å²) in [5.41, 5.74) is 0.991. The molecule has 24 heavy (non-hydrogen) atoms. The summed E-state index contributed by atoms with van der Waals surface area (Å²) in [6, 6.07) is 5.48. The molecule has 0 atom stereocenters. The molecular weight excluding hydrogens is 330 g/mol. The summed E-state index contributed by atoms with van der Waals surface area (Å²) in [6.07, 6.45) is 5.93. The highest BCUT2D eigenvalue weighted by molar-refractivity contribution is 6.30. The van der Waals surface area contributed by atoms with Crippen molar-refractivity contribution in [2.45, 2.75) is 26.2 Å². The molecule has 2 aromatic rings. The lowest BCUT2D eigenvalue weighted by molar-refractivity contribution is -0.384. The van der Waals surface area contributed by atoms with Crippen LogP contribution in [0.1, 0.15) is 41.6 Å². The van der Waals surface area contributed by atoms with Crippen LogP contribution in [0.25, 0.3) is 6.08 Å². The standard InChI is InChI=1S/C17H18ClN3O3/c1-3-4-5-16-19-17(18)14(20(16)2)10-11-15(22)12-6-8-13(9-7-12)21(23)24/h6-11H,3-5H2,1-2H3/b11-10+. The third-order valence-electron chi connectivity index (χ3n) is 3.70. The number of allylic oxidation sites excluding steroid dienone is 1. The minimum absolute atomic E-state index is 0.0502. The molecule has 2 rings (SSSR count). The van der Waals surface area contributed by atoms with Gasteiger partial charge in [-0.05, 0) is 30.7 Å². The zero-order chi connectivity index (χ0) is 17.7. The number of unbranched alkanes of at least 4 members (excludes halogenated alkanes) is 1. The summed E-state index contributed by atoms with van der Waals surface area (Å²) in [4.78, 5) is 26.6. The fourth-order valence-electron chi connectivity index (χ4n) is 2.26. The molecule has 0 bridgehead atoms. The quantitative estimate of drug-likeness (QED) is 0.325. The van der Waals surface area contributed by atoms with E-state index in [0.29, 0.717) is 16.4 Å². The second-order valence-electron chi connectivity index (χ2n) is 5.37. The van der Waals surface area contributed by atoms with Crippen LogP contribution in [0.15, 0.2) is 30.3 Å². The number of aryl methyl sites for hydroxylation is 1. The van der Waals surface area contributed by atoms with Crippen LogP contribution in [0, 0.1) is 10.1 Å². The molecule has 0 fully saturated rings. The monoisotopic (exact) mass is 347 g/mol. The Bertz CT molecular complexity index is 779. The van der Waals surface area contributed by atoms with E-state index < -0.39 is 4.92 Å². The van der Waals surface area contributed by atoms with Crippen LogP contribution >= 0.6 is 11.6 Å². The van der Waals surface area contributed by atoms with Crippen LogP contribution in [-0.2, 0) is 13.5 Å². The van der Waals surface area contributed by atoms with Gasteiger partial charge in [0.15, 0.2) is 10.9 Å². The second-order valence-corrected chi connectivity index (χ2v) is 5.73. The molecule has 0 aliphatic rings. The lowest BCUT2D eigenvalue weighted by atomic mass is 10.1. The maximum Gasteiger partial charge on any atom is 0.269 e. The molecule has 0 saturated heterocycles. The third kappa shape index (κ3) is 4.08. The van der Waals surface area contributed by atoms with Gasteiger partial charge in [-0.15, -0.1) is 0 Å². The van der Waals surface area contributed by atoms with Crippen molar-refractivity contribution < 1.29 is 9.72 Å². The van der Waals surface area contributed by atoms with E-state index in [4.69, 9.17) is 11.6 Å². The van der Waals surface area contributed by atoms with Crippen molar-refractivity contribution in [2.75, 3.05) is 0 Å². The van der Waals surface area contributed by atoms with Crippen molar-refractivity contribution in [3.8, 4) is 0 Å². The molecule has 0 spiro atoms. The maximum absolute atomic E-state index is 12.2. The highest BCUT2D eigenvalue weighted by Crippen LogP contribution is 2.20. The third-order valence-corrected chi connectivity index (χ3v) is 3.97. The lowest BCUT2D eigenvalue weighted by Gasteiger charge is -2.02. The highest BCUT2D eigenvalue weighted by atomic mass is 35.5. The summed E-state index contributed by atoms with van der Waals surface area (Å²) >= 11 is 6.14. The molecule has 0 saturated carbocycles. The molecule has 1 aromatic carbocycles. The van der Waals surface area contributed by atoms with Crippen LogP contribution in [0.2, 0.25) is 5.15 Å². The molecule has 126 valence electrons. The summed E-state index contributed by atoms with van der Waals surface area (Å²) in [7, 11) is 1.86. The Balaban J connectivity index is 2.16. The van der Waals surface area contributed by atoms with Crippen molar-refractivity contribution in [1.82, 2.24) is 9.55 Å². The second kappa shape index (κ2) is 7.88. The van der Waals surface area contributed by atoms with Gasteiger partial charge >= 0.3 is 0 Å². The highest BCUT2D eigenvalue weighted by Gasteiger charge is 2.12. The molecule has 0 aliphatic heterocycles. The minimum Gasteiger partial charge on any atom is -0.330 e. The van der Waals surface area contributed by atoms with E-state index in [1.54, 1.807) is 6.08 Å². The van der Waals surface area contributed by atoms with Gasteiger partial charge in [-0.25, -0.2) is 4.98 Å². The number of nitro benzene ring substituents is 1. The summed E-state index contributed by atoms with van der Waals surface area (Å²) in [6.45, 7) is 2.11. The number of nitrogens with zero attached hydrogens (tertiary/aromatic N) is 3. The molecule has 0 N–H and O–H groups in total. The first-order chi connectivity index (χ1) is 11.4. The Morgan fingerprint density at radius 1 is 1.38 bits per heavy atom. The zero-order valence-electron chi connectivity index (χ0n) is 13.5. The maximum atomic E-state index is 12.2. The first kappa shape index (κ1) is 17.9. The number of halogens is 1. The van der Waals surface area contributed by atoms with Gasteiger partial charge < -0.3 is 4.57 Å². The van der Waals surface area contributed by atoms with Crippen molar-refractivity contribution in [2.24, 2.45) is 7.05 Å². The van der Waals surface area contributed by atoms with Gasteiger partial charge in [0.05, 0.1) is 10.6 Å². The SMILES string of the molecule is CCCCc1nc(Cl)c(/C=C/C(=O)c2ccc([N+](=O)[O-])cc2)n1C. The van der Waals surface area contributed by atoms with Crippen LogP contribution in [0.5, 0.6) is 0 Å². The summed E-state index contributed by atoms with van der Waals surface area (Å²) < 4.78 is 1.87. The first-order valence-electron chi connectivity index (χ1n) is 7.62. The van der Waals surface area contributed by atoms with E-state index in [1.807, 2.05) is 11.6 Å². The van der Waals surface area contributed by atoms with E-state index in [-0.39, 0.29) is 11.5 Å². The number of non-ortho nitro benzene ring substituents is 1. The Morgan fingerprint density at radius 3 is 2.62 bits per heavy atom. The molecule has 6 nitrogen and oxygen atoms in total. The smallest absolute Gasteiger partial charge is 0.269 e. The van der Waals surface area contributed by atoms with Gasteiger partial charge in [0, 0.05) is 31.2 Å². The first-order valence-corrected chi connectivity index (χ1v) is 7.99. The lowest BCUT2D eigenvalue weighted by Crippen LogP contribution is -2.00. The topological polar surface area (TPSA) is 78.0 Å². The number of imidazole rings is 1. The van der Waals surface area contributed by atoms with E-state index >= 15 is 0 Å². The molecule has 1 heterocycles. The Labute approximate surface area is 144 Å². The molecule has 0 radical (unpaired) electrons. The largest absolute Gasteiger partial charge is 0.330 e. The summed E-state index contributed by atoms with van der Waals surface area (Å²) in [5.74, 6) is 0.626. The van der Waals surface area contributed by atoms with E-state index in [0.717, 1.165) is 25.1 Å². The fraction of sp³-hybridized carbons (Fsp3) is 0.294. The van der Waals surface area contributed by atoms with Crippen LogP contribution < -0.4 is 0 Å². The van der Waals surface area contributed by atoms with Gasteiger partial charge in [0.25, 0.3) is 5.69 Å². The average molecular weight is 348 g/mol. The zero-order valence-corrected chi connectivity index (χ0v) is 14.3. The molecule has 0 unspecified atom stereocenters. The van der Waals surface area contributed by atoms with Crippen molar-refractivity contribution >= 4 is 29.1 Å². The number of rotatable bonds is 7.